The standard InChI is InChI=1S/C15H17F3N2OS/c1-14(21,9-22-2)8-20-12-5-6-19-13-7-10(15(16,17)18)3-4-11(12)13/h3-7,21H,8-9H2,1-2H3,(H,19,20). The van der Waals surface area contributed by atoms with Crippen molar-refractivity contribution in [1.82, 2.24) is 4.98 Å². The van der Waals surface area contributed by atoms with Crippen molar-refractivity contribution >= 4 is 28.4 Å². The molecule has 0 aliphatic carbocycles. The number of benzene rings is 1. The Morgan fingerprint density at radius 3 is 2.64 bits per heavy atom. The predicted octanol–water partition coefficient (Wildman–Crippen LogP) is 3.78. The lowest BCUT2D eigenvalue weighted by Crippen LogP contribution is -2.36. The van der Waals surface area contributed by atoms with E-state index in [4.69, 9.17) is 0 Å². The molecule has 120 valence electrons. The average molecular weight is 330 g/mol. The van der Waals surface area contributed by atoms with Gasteiger partial charge in [-0.2, -0.15) is 24.9 Å². The van der Waals surface area contributed by atoms with Crippen molar-refractivity contribution in [2.45, 2.75) is 18.7 Å². The molecule has 0 radical (unpaired) electrons. The molecule has 2 rings (SSSR count). The van der Waals surface area contributed by atoms with Crippen LogP contribution < -0.4 is 5.32 Å². The van der Waals surface area contributed by atoms with Crippen LogP contribution in [0.1, 0.15) is 12.5 Å². The van der Waals surface area contributed by atoms with Crippen LogP contribution in [-0.4, -0.2) is 34.2 Å². The smallest absolute Gasteiger partial charge is 0.387 e. The van der Waals surface area contributed by atoms with Gasteiger partial charge in [0.05, 0.1) is 16.7 Å². The summed E-state index contributed by atoms with van der Waals surface area (Å²) in [6.45, 7) is 2.01. The average Bonchev–Trinajstić information content (AvgIpc) is 2.43. The third-order valence-corrected chi connectivity index (χ3v) is 4.10. The third-order valence-electron chi connectivity index (χ3n) is 3.19. The number of aromatic nitrogens is 1. The molecule has 1 aromatic heterocycles. The summed E-state index contributed by atoms with van der Waals surface area (Å²) in [6, 6.07) is 5.15. The topological polar surface area (TPSA) is 45.1 Å². The van der Waals surface area contributed by atoms with Crippen LogP contribution in [-0.2, 0) is 6.18 Å². The molecule has 0 amide bonds. The number of thioether (sulfide) groups is 1. The molecule has 1 unspecified atom stereocenters. The first-order valence-corrected chi connectivity index (χ1v) is 8.03. The minimum absolute atomic E-state index is 0.268. The Morgan fingerprint density at radius 1 is 1.27 bits per heavy atom. The van der Waals surface area contributed by atoms with Gasteiger partial charge in [-0.15, -0.1) is 0 Å². The number of rotatable bonds is 5. The molecule has 0 spiro atoms. The molecule has 2 aromatic rings. The Bertz CT molecular complexity index is 659. The third kappa shape index (κ3) is 4.04. The zero-order valence-electron chi connectivity index (χ0n) is 12.2. The van der Waals surface area contributed by atoms with Gasteiger partial charge in [0.1, 0.15) is 0 Å². The van der Waals surface area contributed by atoms with Crippen LogP contribution in [0.25, 0.3) is 10.9 Å². The molecule has 1 aromatic carbocycles. The summed E-state index contributed by atoms with van der Waals surface area (Å²) in [6.07, 6.45) is -1.04. The Balaban J connectivity index is 2.28. The molecule has 0 bridgehead atoms. The molecule has 0 saturated carbocycles. The van der Waals surface area contributed by atoms with Crippen LogP contribution in [0.5, 0.6) is 0 Å². The number of aliphatic hydroxyl groups is 1. The number of nitrogens with zero attached hydrogens (tertiary/aromatic N) is 1. The molecule has 3 nitrogen and oxygen atoms in total. The SMILES string of the molecule is CSCC(C)(O)CNc1ccnc2cc(C(F)(F)F)ccc12. The van der Waals surface area contributed by atoms with Gasteiger partial charge < -0.3 is 10.4 Å². The lowest BCUT2D eigenvalue weighted by Gasteiger charge is -2.23. The van der Waals surface area contributed by atoms with Gasteiger partial charge in [0.2, 0.25) is 0 Å². The van der Waals surface area contributed by atoms with Crippen molar-refractivity contribution in [3.8, 4) is 0 Å². The van der Waals surface area contributed by atoms with Crippen molar-refractivity contribution in [3.05, 3.63) is 36.0 Å². The fourth-order valence-electron chi connectivity index (χ4n) is 2.13. The van der Waals surface area contributed by atoms with Crippen molar-refractivity contribution in [3.63, 3.8) is 0 Å². The van der Waals surface area contributed by atoms with Crippen LogP contribution in [0.2, 0.25) is 0 Å². The molecule has 2 N–H and O–H groups in total. The molecule has 0 fully saturated rings. The summed E-state index contributed by atoms with van der Waals surface area (Å²) in [4.78, 5) is 3.99. The highest BCUT2D eigenvalue weighted by atomic mass is 32.2. The largest absolute Gasteiger partial charge is 0.416 e. The lowest BCUT2D eigenvalue weighted by molar-refractivity contribution is -0.137. The Hall–Kier alpha value is -1.47. The van der Waals surface area contributed by atoms with Crippen LogP contribution in [0.3, 0.4) is 0 Å². The second-order valence-corrected chi connectivity index (χ2v) is 6.24. The fraction of sp³-hybridized carbons (Fsp3) is 0.400. The van der Waals surface area contributed by atoms with E-state index in [2.05, 4.69) is 10.3 Å². The van der Waals surface area contributed by atoms with E-state index in [-0.39, 0.29) is 5.52 Å². The summed E-state index contributed by atoms with van der Waals surface area (Å²) >= 11 is 1.52. The monoisotopic (exact) mass is 330 g/mol. The first-order valence-electron chi connectivity index (χ1n) is 6.64. The summed E-state index contributed by atoms with van der Waals surface area (Å²) in [5.74, 6) is 0.557. The van der Waals surface area contributed by atoms with E-state index in [9.17, 15) is 18.3 Å². The van der Waals surface area contributed by atoms with Gasteiger partial charge in [-0.1, -0.05) is 6.07 Å². The van der Waals surface area contributed by atoms with E-state index >= 15 is 0 Å². The lowest BCUT2D eigenvalue weighted by atomic mass is 10.1. The van der Waals surface area contributed by atoms with Gasteiger partial charge in [-0.25, -0.2) is 0 Å². The normalized spacial score (nSPS) is 14.8. The van der Waals surface area contributed by atoms with Crippen molar-refractivity contribution in [2.75, 3.05) is 23.9 Å². The van der Waals surface area contributed by atoms with E-state index in [0.717, 1.165) is 12.1 Å². The number of halogens is 3. The van der Waals surface area contributed by atoms with Gasteiger partial charge in [-0.05, 0) is 31.4 Å². The molecular weight excluding hydrogens is 313 g/mol. The highest BCUT2D eigenvalue weighted by Gasteiger charge is 2.30. The van der Waals surface area contributed by atoms with Crippen molar-refractivity contribution in [2.24, 2.45) is 0 Å². The van der Waals surface area contributed by atoms with Crippen LogP contribution in [0.15, 0.2) is 30.5 Å². The number of nitrogens with one attached hydrogen (secondary N) is 1. The summed E-state index contributed by atoms with van der Waals surface area (Å²) in [5.41, 5.74) is -0.704. The number of alkyl halides is 3. The molecule has 1 heterocycles. The van der Waals surface area contributed by atoms with Gasteiger partial charge in [-0.3, -0.25) is 4.98 Å². The summed E-state index contributed by atoms with van der Waals surface area (Å²) in [5, 5.41) is 13.8. The second-order valence-electron chi connectivity index (χ2n) is 5.37. The number of fused-ring (bicyclic) bond motifs is 1. The van der Waals surface area contributed by atoms with Gasteiger partial charge in [0, 0.05) is 29.6 Å². The maximum Gasteiger partial charge on any atom is 0.416 e. The van der Waals surface area contributed by atoms with E-state index in [1.54, 1.807) is 13.0 Å². The molecule has 22 heavy (non-hydrogen) atoms. The predicted molar refractivity (Wildman–Crippen MR) is 84.2 cm³/mol. The van der Waals surface area contributed by atoms with Crippen LogP contribution in [0, 0.1) is 0 Å². The summed E-state index contributed by atoms with van der Waals surface area (Å²) < 4.78 is 38.2. The second kappa shape index (κ2) is 6.34. The van der Waals surface area contributed by atoms with Crippen molar-refractivity contribution in [1.29, 1.82) is 0 Å². The van der Waals surface area contributed by atoms with Crippen LogP contribution in [0.4, 0.5) is 18.9 Å². The number of hydrogen-bond acceptors (Lipinski definition) is 4. The molecule has 0 saturated heterocycles. The summed E-state index contributed by atoms with van der Waals surface area (Å²) in [7, 11) is 0. The highest BCUT2D eigenvalue weighted by Crippen LogP contribution is 2.32. The zero-order valence-corrected chi connectivity index (χ0v) is 13.1. The van der Waals surface area contributed by atoms with Gasteiger partial charge in [0.25, 0.3) is 0 Å². The maximum atomic E-state index is 12.7. The molecule has 7 heteroatoms. The number of hydrogen-bond donors (Lipinski definition) is 2. The van der Waals surface area contributed by atoms with Gasteiger partial charge >= 0.3 is 6.18 Å². The molecule has 0 aliphatic rings. The first kappa shape index (κ1) is 16.9. The van der Waals surface area contributed by atoms with E-state index in [1.165, 1.54) is 24.0 Å². The van der Waals surface area contributed by atoms with Crippen molar-refractivity contribution < 1.29 is 18.3 Å². The van der Waals surface area contributed by atoms with Crippen LogP contribution >= 0.6 is 11.8 Å². The molecule has 0 aliphatic heterocycles. The van der Waals surface area contributed by atoms with E-state index < -0.39 is 17.3 Å². The zero-order chi connectivity index (χ0) is 16.4. The quantitative estimate of drug-likeness (QED) is 0.876. The Kier molecular flexibility index (Phi) is 4.87. The van der Waals surface area contributed by atoms with E-state index in [1.807, 2.05) is 6.26 Å². The Labute approximate surface area is 130 Å². The molecule has 1 atom stereocenters. The minimum atomic E-state index is -4.39. The minimum Gasteiger partial charge on any atom is -0.387 e. The number of anilines is 1. The van der Waals surface area contributed by atoms with Gasteiger partial charge in [0.15, 0.2) is 0 Å². The Morgan fingerprint density at radius 2 is 2.00 bits per heavy atom. The van der Waals surface area contributed by atoms with E-state index in [0.29, 0.717) is 23.4 Å². The highest BCUT2D eigenvalue weighted by molar-refractivity contribution is 7.98. The number of pyridine rings is 1. The maximum absolute atomic E-state index is 12.7. The first-order chi connectivity index (χ1) is 10.2. The molecular formula is C15H17F3N2OS. The fourth-order valence-corrected chi connectivity index (χ4v) is 2.85.